The third kappa shape index (κ3) is 7.17. The van der Waals surface area contributed by atoms with Gasteiger partial charge in [-0.15, -0.1) is 0 Å². The lowest BCUT2D eigenvalue weighted by atomic mass is 10.3. The van der Waals surface area contributed by atoms with Crippen LogP contribution >= 0.6 is 0 Å². The van der Waals surface area contributed by atoms with Crippen LogP contribution in [0.2, 0.25) is 0 Å². The van der Waals surface area contributed by atoms with E-state index >= 15 is 0 Å². The van der Waals surface area contributed by atoms with Crippen molar-refractivity contribution in [3.63, 3.8) is 0 Å². The molecule has 2 N–H and O–H groups in total. The molecule has 2 rings (SSSR count). The molecule has 1 saturated carbocycles. The molecule has 0 radical (unpaired) electrons. The predicted octanol–water partition coefficient (Wildman–Crippen LogP) is 2.02. The number of rotatable bonds is 10. The minimum absolute atomic E-state index is 0.565. The van der Waals surface area contributed by atoms with Crippen LogP contribution in [0.4, 0.5) is 5.82 Å². The Kier molecular flexibility index (Phi) is 7.82. The maximum atomic E-state index is 5.65. The van der Waals surface area contributed by atoms with Gasteiger partial charge in [0.05, 0.1) is 12.2 Å². The van der Waals surface area contributed by atoms with Crippen LogP contribution in [-0.2, 0) is 11.3 Å². The number of pyridine rings is 1. The lowest BCUT2D eigenvalue weighted by Gasteiger charge is -2.13. The highest BCUT2D eigenvalue weighted by molar-refractivity contribution is 5.79. The van der Waals surface area contributed by atoms with Crippen LogP contribution in [0.15, 0.2) is 23.2 Å². The smallest absolute Gasteiger partial charge is 0.191 e. The molecular formula is C18H31N5O. The van der Waals surface area contributed by atoms with Crippen molar-refractivity contribution in [1.29, 1.82) is 0 Å². The molecule has 6 nitrogen and oxygen atoms in total. The summed E-state index contributed by atoms with van der Waals surface area (Å²) < 4.78 is 5.65. The van der Waals surface area contributed by atoms with Crippen LogP contribution in [-0.4, -0.2) is 51.3 Å². The molecule has 1 heterocycles. The summed E-state index contributed by atoms with van der Waals surface area (Å²) in [5, 5.41) is 6.62. The molecule has 1 aliphatic rings. The van der Waals surface area contributed by atoms with Crippen molar-refractivity contribution < 1.29 is 4.74 Å². The Morgan fingerprint density at radius 1 is 1.33 bits per heavy atom. The van der Waals surface area contributed by atoms with Gasteiger partial charge in [-0.1, -0.05) is 6.07 Å². The summed E-state index contributed by atoms with van der Waals surface area (Å²) in [6, 6.07) is 6.02. The second-order valence-electron chi connectivity index (χ2n) is 6.38. The molecule has 1 aromatic rings. The number of hydrogen-bond acceptors (Lipinski definition) is 4. The maximum absolute atomic E-state index is 5.65. The molecule has 1 fully saturated rings. The fourth-order valence-corrected chi connectivity index (χ4v) is 2.22. The number of hydrogen-bond donors (Lipinski definition) is 2. The first-order chi connectivity index (χ1) is 11.7. The zero-order chi connectivity index (χ0) is 17.2. The number of aliphatic imine (C=N–C) groups is 1. The molecule has 0 aliphatic heterocycles. The molecule has 0 spiro atoms. The largest absolute Gasteiger partial charge is 0.381 e. The van der Waals surface area contributed by atoms with E-state index in [1.165, 1.54) is 12.8 Å². The first-order valence-corrected chi connectivity index (χ1v) is 8.92. The van der Waals surface area contributed by atoms with Crippen molar-refractivity contribution >= 4 is 11.8 Å². The van der Waals surface area contributed by atoms with Gasteiger partial charge in [0.15, 0.2) is 5.96 Å². The van der Waals surface area contributed by atoms with E-state index in [0.717, 1.165) is 56.1 Å². The highest BCUT2D eigenvalue weighted by Crippen LogP contribution is 2.28. The van der Waals surface area contributed by atoms with Crippen molar-refractivity contribution in [3.05, 3.63) is 23.9 Å². The van der Waals surface area contributed by atoms with E-state index in [4.69, 9.17) is 4.74 Å². The molecule has 1 aromatic heterocycles. The highest BCUT2D eigenvalue weighted by atomic mass is 16.5. The Bertz CT molecular complexity index is 514. The maximum Gasteiger partial charge on any atom is 0.191 e. The lowest BCUT2D eigenvalue weighted by Crippen LogP contribution is -2.38. The van der Waals surface area contributed by atoms with Crippen molar-refractivity contribution in [3.8, 4) is 0 Å². The summed E-state index contributed by atoms with van der Waals surface area (Å²) in [5.74, 6) is 2.62. The van der Waals surface area contributed by atoms with Crippen molar-refractivity contribution in [1.82, 2.24) is 15.6 Å². The van der Waals surface area contributed by atoms with E-state index in [2.05, 4.69) is 27.5 Å². The molecular weight excluding hydrogens is 302 g/mol. The zero-order valence-corrected chi connectivity index (χ0v) is 15.2. The van der Waals surface area contributed by atoms with Gasteiger partial charge in [-0.3, -0.25) is 0 Å². The van der Waals surface area contributed by atoms with Crippen molar-refractivity contribution in [2.45, 2.75) is 32.7 Å². The average molecular weight is 333 g/mol. The van der Waals surface area contributed by atoms with Crippen LogP contribution in [0, 0.1) is 5.92 Å². The Morgan fingerprint density at radius 3 is 2.88 bits per heavy atom. The molecule has 0 aromatic carbocycles. The van der Waals surface area contributed by atoms with Gasteiger partial charge < -0.3 is 20.3 Å². The van der Waals surface area contributed by atoms with Crippen LogP contribution in [0.1, 0.15) is 31.9 Å². The molecule has 6 heteroatoms. The number of anilines is 1. The van der Waals surface area contributed by atoms with E-state index in [1.807, 2.05) is 37.2 Å². The van der Waals surface area contributed by atoms with Gasteiger partial charge in [0.2, 0.25) is 0 Å². The molecule has 24 heavy (non-hydrogen) atoms. The van der Waals surface area contributed by atoms with E-state index in [1.54, 1.807) is 0 Å². The number of nitrogens with zero attached hydrogens (tertiary/aromatic N) is 3. The Labute approximate surface area is 145 Å². The van der Waals surface area contributed by atoms with Gasteiger partial charge in [-0.05, 0) is 44.2 Å². The molecule has 0 saturated heterocycles. The third-order valence-corrected chi connectivity index (χ3v) is 3.80. The highest BCUT2D eigenvalue weighted by Gasteiger charge is 2.20. The van der Waals surface area contributed by atoms with Crippen LogP contribution in [0.25, 0.3) is 0 Å². The standard InChI is InChI=1S/C18H31N5O/c1-4-19-18(20-11-6-12-24-14-15-9-10-15)21-13-16-7-5-8-17(22-16)23(2)3/h5,7-8,15H,4,6,9-14H2,1-3H3,(H2,19,20,21). The molecule has 0 atom stereocenters. The van der Waals surface area contributed by atoms with Gasteiger partial charge in [-0.2, -0.15) is 0 Å². The summed E-state index contributed by atoms with van der Waals surface area (Å²) in [5.41, 5.74) is 0.964. The monoisotopic (exact) mass is 333 g/mol. The fourth-order valence-electron chi connectivity index (χ4n) is 2.22. The Balaban J connectivity index is 1.73. The van der Waals surface area contributed by atoms with Crippen LogP contribution < -0.4 is 15.5 Å². The summed E-state index contributed by atoms with van der Waals surface area (Å²) in [4.78, 5) is 11.2. The number of ether oxygens (including phenoxy) is 1. The molecule has 0 amide bonds. The predicted molar refractivity (Wildman–Crippen MR) is 99.5 cm³/mol. The number of guanidine groups is 1. The summed E-state index contributed by atoms with van der Waals surface area (Å²) in [6.07, 6.45) is 3.68. The normalized spacial score (nSPS) is 14.5. The average Bonchev–Trinajstić information content (AvgIpc) is 3.40. The van der Waals surface area contributed by atoms with Gasteiger partial charge >= 0.3 is 0 Å². The van der Waals surface area contributed by atoms with E-state index < -0.39 is 0 Å². The summed E-state index contributed by atoms with van der Waals surface area (Å²) >= 11 is 0. The topological polar surface area (TPSA) is 61.8 Å². The Morgan fingerprint density at radius 2 is 2.17 bits per heavy atom. The zero-order valence-electron chi connectivity index (χ0n) is 15.2. The number of nitrogens with one attached hydrogen (secondary N) is 2. The van der Waals surface area contributed by atoms with Crippen LogP contribution in [0.3, 0.4) is 0 Å². The fraction of sp³-hybridized carbons (Fsp3) is 0.667. The van der Waals surface area contributed by atoms with E-state index in [0.29, 0.717) is 6.54 Å². The minimum atomic E-state index is 0.565. The van der Waals surface area contributed by atoms with E-state index in [-0.39, 0.29) is 0 Å². The van der Waals surface area contributed by atoms with Crippen molar-refractivity contribution in [2.75, 3.05) is 45.3 Å². The third-order valence-electron chi connectivity index (χ3n) is 3.80. The summed E-state index contributed by atoms with van der Waals surface area (Å²) in [7, 11) is 3.98. The number of aromatic nitrogens is 1. The van der Waals surface area contributed by atoms with Gasteiger partial charge in [0.1, 0.15) is 5.82 Å². The molecule has 0 unspecified atom stereocenters. The van der Waals surface area contributed by atoms with Crippen LogP contribution in [0.5, 0.6) is 0 Å². The van der Waals surface area contributed by atoms with Gasteiger partial charge in [-0.25, -0.2) is 9.98 Å². The molecule has 1 aliphatic carbocycles. The first-order valence-electron chi connectivity index (χ1n) is 8.92. The molecule has 0 bridgehead atoms. The quantitative estimate of drug-likeness (QED) is 0.390. The second kappa shape index (κ2) is 10.1. The molecule has 134 valence electrons. The Hall–Kier alpha value is -1.82. The summed E-state index contributed by atoms with van der Waals surface area (Å²) in [6.45, 7) is 6.09. The minimum Gasteiger partial charge on any atom is -0.381 e. The van der Waals surface area contributed by atoms with E-state index in [9.17, 15) is 0 Å². The lowest BCUT2D eigenvalue weighted by molar-refractivity contribution is 0.123. The SMILES string of the molecule is CCNC(=NCc1cccc(N(C)C)n1)NCCCOCC1CC1. The second-order valence-corrected chi connectivity index (χ2v) is 6.38. The first kappa shape index (κ1) is 18.5. The van der Waals surface area contributed by atoms with Crippen molar-refractivity contribution in [2.24, 2.45) is 10.9 Å². The van der Waals surface area contributed by atoms with Gasteiger partial charge in [0.25, 0.3) is 0 Å². The van der Waals surface area contributed by atoms with Gasteiger partial charge in [0, 0.05) is 40.4 Å².